The lowest BCUT2D eigenvalue weighted by atomic mass is 10.1. The average Bonchev–Trinajstić information content (AvgIpc) is 2.69. The molecule has 0 fully saturated rings. The predicted molar refractivity (Wildman–Crippen MR) is 61.8 cm³/mol. The first-order valence-corrected chi connectivity index (χ1v) is 5.68. The van der Waals surface area contributed by atoms with Crippen molar-refractivity contribution in [2.75, 3.05) is 0 Å². The third kappa shape index (κ3) is 2.20. The Morgan fingerprint density at radius 1 is 1.33 bits per heavy atom. The van der Waals surface area contributed by atoms with Crippen molar-refractivity contribution in [1.29, 1.82) is 0 Å². The molecule has 0 radical (unpaired) electrons. The molecule has 1 heterocycles. The van der Waals surface area contributed by atoms with Crippen molar-refractivity contribution in [3.63, 3.8) is 0 Å². The lowest BCUT2D eigenvalue weighted by molar-refractivity contribution is 0.601. The SMILES string of the molecule is N[C@@H](c1cccs1)c1ccc(Cl)cc1F. The van der Waals surface area contributed by atoms with Crippen LogP contribution >= 0.6 is 22.9 Å². The Bertz CT molecular complexity index is 456. The van der Waals surface area contributed by atoms with Crippen LogP contribution in [0.25, 0.3) is 0 Å². The topological polar surface area (TPSA) is 26.0 Å². The molecule has 78 valence electrons. The van der Waals surface area contributed by atoms with E-state index in [0.29, 0.717) is 10.6 Å². The molecule has 15 heavy (non-hydrogen) atoms. The van der Waals surface area contributed by atoms with Gasteiger partial charge in [-0.05, 0) is 23.6 Å². The van der Waals surface area contributed by atoms with E-state index in [2.05, 4.69) is 0 Å². The number of thiophene rings is 1. The molecule has 0 aliphatic rings. The van der Waals surface area contributed by atoms with Gasteiger partial charge in [-0.3, -0.25) is 0 Å². The van der Waals surface area contributed by atoms with Gasteiger partial charge in [0.2, 0.25) is 0 Å². The summed E-state index contributed by atoms with van der Waals surface area (Å²) >= 11 is 7.18. The molecular weight excluding hydrogens is 233 g/mol. The Morgan fingerprint density at radius 3 is 2.73 bits per heavy atom. The summed E-state index contributed by atoms with van der Waals surface area (Å²) in [6.45, 7) is 0. The zero-order valence-electron chi connectivity index (χ0n) is 7.78. The molecule has 1 atom stereocenters. The van der Waals surface area contributed by atoms with Gasteiger partial charge in [-0.1, -0.05) is 23.7 Å². The van der Waals surface area contributed by atoms with Crippen LogP contribution in [-0.2, 0) is 0 Å². The maximum atomic E-state index is 13.5. The molecule has 0 saturated heterocycles. The second-order valence-electron chi connectivity index (χ2n) is 3.16. The number of halogens is 2. The van der Waals surface area contributed by atoms with Crippen molar-refractivity contribution >= 4 is 22.9 Å². The summed E-state index contributed by atoms with van der Waals surface area (Å²) in [6.07, 6.45) is 0. The van der Waals surface area contributed by atoms with Crippen molar-refractivity contribution < 1.29 is 4.39 Å². The summed E-state index contributed by atoms with van der Waals surface area (Å²) in [6, 6.07) is 7.93. The molecule has 1 nitrogen and oxygen atoms in total. The molecule has 1 aromatic carbocycles. The molecule has 0 spiro atoms. The summed E-state index contributed by atoms with van der Waals surface area (Å²) < 4.78 is 13.5. The van der Waals surface area contributed by atoms with Gasteiger partial charge in [0.1, 0.15) is 5.82 Å². The molecule has 2 N–H and O–H groups in total. The highest BCUT2D eigenvalue weighted by atomic mass is 35.5. The van der Waals surface area contributed by atoms with Crippen molar-refractivity contribution in [2.45, 2.75) is 6.04 Å². The molecule has 0 saturated carbocycles. The monoisotopic (exact) mass is 241 g/mol. The minimum Gasteiger partial charge on any atom is -0.320 e. The van der Waals surface area contributed by atoms with Crippen LogP contribution in [0.15, 0.2) is 35.7 Å². The van der Waals surface area contributed by atoms with Gasteiger partial charge >= 0.3 is 0 Å². The highest BCUT2D eigenvalue weighted by Gasteiger charge is 2.14. The molecule has 0 unspecified atom stereocenters. The lowest BCUT2D eigenvalue weighted by Gasteiger charge is -2.11. The first kappa shape index (κ1) is 10.6. The molecule has 4 heteroatoms. The van der Waals surface area contributed by atoms with E-state index in [-0.39, 0.29) is 5.82 Å². The Balaban J connectivity index is 2.38. The van der Waals surface area contributed by atoms with E-state index < -0.39 is 6.04 Å². The molecule has 0 bridgehead atoms. The Kier molecular flexibility index (Phi) is 3.05. The smallest absolute Gasteiger partial charge is 0.129 e. The first-order valence-electron chi connectivity index (χ1n) is 4.42. The highest BCUT2D eigenvalue weighted by molar-refractivity contribution is 7.10. The fourth-order valence-electron chi connectivity index (χ4n) is 1.38. The van der Waals surface area contributed by atoms with Crippen molar-refractivity contribution in [2.24, 2.45) is 5.73 Å². The first-order chi connectivity index (χ1) is 7.18. The predicted octanol–water partition coefficient (Wildman–Crippen LogP) is 3.59. The summed E-state index contributed by atoms with van der Waals surface area (Å²) in [5, 5.41) is 2.30. The van der Waals surface area contributed by atoms with Crippen molar-refractivity contribution in [3.8, 4) is 0 Å². The van der Waals surface area contributed by atoms with Crippen LogP contribution in [0.5, 0.6) is 0 Å². The highest BCUT2D eigenvalue weighted by Crippen LogP contribution is 2.26. The maximum absolute atomic E-state index is 13.5. The van der Waals surface area contributed by atoms with Gasteiger partial charge in [-0.2, -0.15) is 0 Å². The van der Waals surface area contributed by atoms with Gasteiger partial charge in [0.25, 0.3) is 0 Å². The molecule has 1 aromatic heterocycles. The molecule has 2 aromatic rings. The maximum Gasteiger partial charge on any atom is 0.129 e. The van der Waals surface area contributed by atoms with Crippen LogP contribution in [0.2, 0.25) is 5.02 Å². The molecule has 2 rings (SSSR count). The van der Waals surface area contributed by atoms with E-state index in [0.717, 1.165) is 4.88 Å². The van der Waals surface area contributed by atoms with Gasteiger partial charge in [0, 0.05) is 15.5 Å². The fourth-order valence-corrected chi connectivity index (χ4v) is 2.28. The summed E-state index contributed by atoms with van der Waals surface area (Å²) in [5.41, 5.74) is 6.41. The Morgan fingerprint density at radius 2 is 2.13 bits per heavy atom. The van der Waals surface area contributed by atoms with Gasteiger partial charge in [0.15, 0.2) is 0 Å². The van der Waals surface area contributed by atoms with Gasteiger partial charge < -0.3 is 5.73 Å². The molecular formula is C11H9ClFNS. The molecule has 0 amide bonds. The lowest BCUT2D eigenvalue weighted by Crippen LogP contribution is -2.11. The minimum absolute atomic E-state index is 0.358. The normalized spacial score (nSPS) is 12.7. The number of rotatable bonds is 2. The van der Waals surface area contributed by atoms with Gasteiger partial charge in [0.05, 0.1) is 6.04 Å². The van der Waals surface area contributed by atoms with Crippen LogP contribution < -0.4 is 5.73 Å². The average molecular weight is 242 g/mol. The van der Waals surface area contributed by atoms with Crippen molar-refractivity contribution in [3.05, 3.63) is 57.0 Å². The third-order valence-electron chi connectivity index (χ3n) is 2.15. The Labute approximate surface area is 96.3 Å². The zero-order valence-corrected chi connectivity index (χ0v) is 9.36. The van der Waals surface area contributed by atoms with Crippen LogP contribution in [0.3, 0.4) is 0 Å². The minimum atomic E-state index is -0.415. The summed E-state index contributed by atoms with van der Waals surface area (Å²) in [4.78, 5) is 0.941. The van der Waals surface area contributed by atoms with E-state index in [1.807, 2.05) is 17.5 Å². The van der Waals surface area contributed by atoms with Crippen LogP contribution in [0.1, 0.15) is 16.5 Å². The van der Waals surface area contributed by atoms with E-state index >= 15 is 0 Å². The number of hydrogen-bond donors (Lipinski definition) is 1. The number of nitrogens with two attached hydrogens (primary N) is 1. The summed E-state index contributed by atoms with van der Waals surface area (Å²) in [7, 11) is 0. The van der Waals surface area contributed by atoms with E-state index in [4.69, 9.17) is 17.3 Å². The second kappa shape index (κ2) is 4.31. The van der Waals surface area contributed by atoms with E-state index in [1.54, 1.807) is 12.1 Å². The standard InChI is InChI=1S/C11H9ClFNS/c12-7-3-4-8(9(13)6-7)11(14)10-2-1-5-15-10/h1-6,11H,14H2/t11-/m1/s1. The van der Waals surface area contributed by atoms with Gasteiger partial charge in [-0.25, -0.2) is 4.39 Å². The number of benzene rings is 1. The molecule has 0 aliphatic carbocycles. The Hall–Kier alpha value is -0.900. The van der Waals surface area contributed by atoms with Crippen LogP contribution in [0.4, 0.5) is 4.39 Å². The van der Waals surface area contributed by atoms with E-state index in [9.17, 15) is 4.39 Å². The van der Waals surface area contributed by atoms with E-state index in [1.165, 1.54) is 17.4 Å². The van der Waals surface area contributed by atoms with Crippen molar-refractivity contribution in [1.82, 2.24) is 0 Å². The van der Waals surface area contributed by atoms with Gasteiger partial charge in [-0.15, -0.1) is 11.3 Å². The second-order valence-corrected chi connectivity index (χ2v) is 4.57. The zero-order chi connectivity index (χ0) is 10.8. The van der Waals surface area contributed by atoms with Crippen LogP contribution in [-0.4, -0.2) is 0 Å². The largest absolute Gasteiger partial charge is 0.320 e. The summed E-state index contributed by atoms with van der Waals surface area (Å²) in [5.74, 6) is -0.358. The molecule has 0 aliphatic heterocycles. The quantitative estimate of drug-likeness (QED) is 0.855. The number of hydrogen-bond acceptors (Lipinski definition) is 2. The fraction of sp³-hybridized carbons (Fsp3) is 0.0909. The van der Waals surface area contributed by atoms with Crippen LogP contribution in [0, 0.1) is 5.82 Å². The third-order valence-corrected chi connectivity index (χ3v) is 3.34.